The molecule has 0 N–H and O–H groups in total. The maximum Gasteiger partial charge on any atom is 0.0625 e. The molecule has 0 amide bonds. The average Bonchev–Trinajstić information content (AvgIpc) is 2.55. The largest absolute Gasteiger partial charge is 0.107 e. The molecule has 0 saturated heterocycles. The number of hydrogen-bond donors (Lipinski definition) is 0. The maximum atomic E-state index is 4.10. The lowest BCUT2D eigenvalue weighted by molar-refractivity contribution is 1.33. The van der Waals surface area contributed by atoms with Crippen molar-refractivity contribution >= 4 is 17.6 Å². The lowest BCUT2D eigenvalue weighted by Crippen LogP contribution is -2.26. The first-order valence-corrected chi connectivity index (χ1v) is 12.2. The van der Waals surface area contributed by atoms with E-state index in [9.17, 15) is 0 Å². The van der Waals surface area contributed by atoms with E-state index in [1.807, 2.05) is 0 Å². The summed E-state index contributed by atoms with van der Waals surface area (Å²) in [7, 11) is -1.80. The van der Waals surface area contributed by atoms with Gasteiger partial charge in [-0.15, -0.1) is 24.6 Å². The number of benzene rings is 2. The Morgan fingerprint density at radius 1 is 0.667 bits per heavy atom. The van der Waals surface area contributed by atoms with Crippen molar-refractivity contribution in [2.45, 2.75) is 17.8 Å². The average molecular weight is 309 g/mol. The summed E-state index contributed by atoms with van der Waals surface area (Å²) in [6.45, 7) is 8.20. The fraction of sp³-hybridized carbons (Fsp3) is 0.158. The molecule has 0 fully saturated rings. The Labute approximate surface area is 132 Å². The van der Waals surface area contributed by atoms with Crippen LogP contribution >= 0.6 is 0 Å². The fourth-order valence-electron chi connectivity index (χ4n) is 2.75. The molecule has 0 radical (unpaired) electrons. The molecular weight excluding hydrogens is 284 g/mol. The van der Waals surface area contributed by atoms with Crippen molar-refractivity contribution < 1.29 is 0 Å². The number of rotatable bonds is 8. The molecule has 2 aromatic rings. The molecule has 0 saturated carbocycles. The maximum absolute atomic E-state index is 4.10. The van der Waals surface area contributed by atoms with Gasteiger partial charge in [-0.3, -0.25) is 0 Å². The molecule has 0 aliphatic rings. The monoisotopic (exact) mass is 308 g/mol. The lowest BCUT2D eigenvalue weighted by atomic mass is 10.2. The van der Waals surface area contributed by atoms with Crippen LogP contribution in [0.15, 0.2) is 85.2 Å². The zero-order valence-electron chi connectivity index (χ0n) is 12.6. The van der Waals surface area contributed by atoms with Crippen LogP contribution in [0.2, 0.25) is 5.67 Å². The summed E-state index contributed by atoms with van der Waals surface area (Å²) in [4.78, 5) is 0. The Bertz CT molecular complexity index is 497. The standard InChI is InChI=1S/C19H24Si2/c1-3-20(15-18-11-7-5-8-12-18)17-21(4-2)16-19-13-9-6-10-14-19/h3-14,20-21H,1-2,15-17H2. The van der Waals surface area contributed by atoms with E-state index in [-0.39, 0.29) is 0 Å². The van der Waals surface area contributed by atoms with Crippen molar-refractivity contribution in [3.8, 4) is 0 Å². The summed E-state index contributed by atoms with van der Waals surface area (Å²) in [6, 6.07) is 24.1. The van der Waals surface area contributed by atoms with E-state index in [1.54, 1.807) is 0 Å². The van der Waals surface area contributed by atoms with Gasteiger partial charge in [-0.05, 0) is 12.1 Å². The van der Waals surface area contributed by atoms with Crippen molar-refractivity contribution in [3.63, 3.8) is 0 Å². The second-order valence-corrected chi connectivity index (χ2v) is 12.3. The highest BCUT2D eigenvalue weighted by Gasteiger charge is 2.15. The number of hydrogen-bond acceptors (Lipinski definition) is 0. The van der Waals surface area contributed by atoms with Gasteiger partial charge < -0.3 is 0 Å². The van der Waals surface area contributed by atoms with Crippen molar-refractivity contribution in [2.75, 3.05) is 0 Å². The second kappa shape index (κ2) is 8.60. The van der Waals surface area contributed by atoms with Gasteiger partial charge in [-0.2, -0.15) is 0 Å². The highest BCUT2D eigenvalue weighted by atomic mass is 28.3. The van der Waals surface area contributed by atoms with Gasteiger partial charge in [-0.1, -0.05) is 77.5 Å². The Morgan fingerprint density at radius 3 is 1.38 bits per heavy atom. The third-order valence-corrected chi connectivity index (χ3v) is 12.1. The summed E-state index contributed by atoms with van der Waals surface area (Å²) < 4.78 is 0. The highest BCUT2D eigenvalue weighted by Crippen LogP contribution is 2.12. The Balaban J connectivity index is 1.95. The van der Waals surface area contributed by atoms with Gasteiger partial charge in [-0.25, -0.2) is 0 Å². The normalized spacial score (nSPS) is 13.3. The van der Waals surface area contributed by atoms with Crippen molar-refractivity contribution in [3.05, 3.63) is 96.3 Å². The van der Waals surface area contributed by atoms with Crippen LogP contribution in [0, 0.1) is 0 Å². The topological polar surface area (TPSA) is 0 Å². The SMILES string of the molecule is C=C[SiH](Cc1ccccc1)C[SiH](C=C)Cc1ccccc1. The van der Waals surface area contributed by atoms with E-state index in [0.29, 0.717) is 0 Å². The van der Waals surface area contributed by atoms with Crippen LogP contribution in [0.4, 0.5) is 0 Å². The van der Waals surface area contributed by atoms with E-state index in [2.05, 4.69) is 85.2 Å². The molecule has 0 aliphatic carbocycles. The molecule has 0 nitrogen and oxygen atoms in total. The van der Waals surface area contributed by atoms with Gasteiger partial charge in [0, 0.05) is 0 Å². The zero-order chi connectivity index (χ0) is 14.9. The van der Waals surface area contributed by atoms with Gasteiger partial charge >= 0.3 is 0 Å². The summed E-state index contributed by atoms with van der Waals surface area (Å²) >= 11 is 0. The van der Waals surface area contributed by atoms with Gasteiger partial charge in [0.25, 0.3) is 0 Å². The van der Waals surface area contributed by atoms with E-state index in [4.69, 9.17) is 0 Å². The molecule has 0 aromatic heterocycles. The predicted octanol–water partition coefficient (Wildman–Crippen LogP) is 3.99. The molecule has 108 valence electrons. The Morgan fingerprint density at radius 2 is 1.05 bits per heavy atom. The van der Waals surface area contributed by atoms with Gasteiger partial charge in [0.05, 0.1) is 17.6 Å². The summed E-state index contributed by atoms with van der Waals surface area (Å²) in [6.07, 6.45) is 0. The van der Waals surface area contributed by atoms with Gasteiger partial charge in [0.2, 0.25) is 0 Å². The quantitative estimate of drug-likeness (QED) is 0.647. The molecule has 2 unspecified atom stereocenters. The third-order valence-electron chi connectivity index (χ3n) is 3.95. The van der Waals surface area contributed by atoms with Crippen LogP contribution in [-0.4, -0.2) is 17.6 Å². The zero-order valence-corrected chi connectivity index (χ0v) is 14.9. The van der Waals surface area contributed by atoms with Crippen LogP contribution in [0.1, 0.15) is 11.1 Å². The molecule has 0 aliphatic heterocycles. The van der Waals surface area contributed by atoms with Crippen molar-refractivity contribution in [1.29, 1.82) is 0 Å². The van der Waals surface area contributed by atoms with E-state index in [0.717, 1.165) is 0 Å². The molecule has 2 rings (SSSR count). The van der Waals surface area contributed by atoms with E-state index < -0.39 is 17.6 Å². The van der Waals surface area contributed by atoms with Crippen LogP contribution < -0.4 is 0 Å². The molecule has 2 aromatic carbocycles. The second-order valence-electron chi connectivity index (χ2n) is 5.61. The fourth-order valence-corrected chi connectivity index (χ4v) is 10.8. The molecule has 0 spiro atoms. The minimum absolute atomic E-state index is 0.902. The van der Waals surface area contributed by atoms with Gasteiger partial charge in [0.1, 0.15) is 0 Å². The van der Waals surface area contributed by atoms with Crippen LogP contribution in [0.25, 0.3) is 0 Å². The smallest absolute Gasteiger partial charge is 0.0625 e. The van der Waals surface area contributed by atoms with Crippen LogP contribution in [0.5, 0.6) is 0 Å². The van der Waals surface area contributed by atoms with Crippen molar-refractivity contribution in [2.24, 2.45) is 0 Å². The first kappa shape index (κ1) is 15.7. The summed E-state index contributed by atoms with van der Waals surface area (Å²) in [5.41, 5.74) is 8.84. The Kier molecular flexibility index (Phi) is 6.44. The molecule has 0 bridgehead atoms. The van der Waals surface area contributed by atoms with E-state index >= 15 is 0 Å². The van der Waals surface area contributed by atoms with Crippen LogP contribution in [-0.2, 0) is 12.1 Å². The van der Waals surface area contributed by atoms with Crippen molar-refractivity contribution in [1.82, 2.24) is 0 Å². The first-order valence-electron chi connectivity index (χ1n) is 7.64. The molecular formula is C19H24Si2. The van der Waals surface area contributed by atoms with Crippen LogP contribution in [0.3, 0.4) is 0 Å². The first-order chi connectivity index (χ1) is 10.3. The molecule has 0 heterocycles. The summed E-state index contributed by atoms with van der Waals surface area (Å²) in [5, 5.41) is 0. The van der Waals surface area contributed by atoms with Gasteiger partial charge in [0.15, 0.2) is 0 Å². The van der Waals surface area contributed by atoms with E-state index in [1.165, 1.54) is 28.9 Å². The molecule has 21 heavy (non-hydrogen) atoms. The summed E-state index contributed by atoms with van der Waals surface area (Å²) in [5.74, 6) is 0. The molecule has 2 heteroatoms. The molecule has 2 atom stereocenters. The minimum atomic E-state index is -0.902. The minimum Gasteiger partial charge on any atom is -0.107 e. The lowest BCUT2D eigenvalue weighted by Gasteiger charge is -2.16. The third kappa shape index (κ3) is 5.33. The Hall–Kier alpha value is -1.65. The predicted molar refractivity (Wildman–Crippen MR) is 99.8 cm³/mol. The highest BCUT2D eigenvalue weighted by molar-refractivity contribution is 6.81.